The van der Waals surface area contributed by atoms with Gasteiger partial charge >= 0.3 is 12.1 Å². The molecule has 2 amide bonds. The van der Waals surface area contributed by atoms with Gasteiger partial charge in [-0.1, -0.05) is 62.4 Å². The molecule has 0 spiro atoms. The molecule has 0 radical (unpaired) electrons. The highest BCUT2D eigenvalue weighted by Crippen LogP contribution is 2.44. The maximum Gasteiger partial charge on any atom is 0.407 e. The van der Waals surface area contributed by atoms with Crippen LogP contribution in [0.5, 0.6) is 0 Å². The maximum atomic E-state index is 13.2. The summed E-state index contributed by atoms with van der Waals surface area (Å²) in [5, 5.41) is 11.9. The van der Waals surface area contributed by atoms with Gasteiger partial charge in [0.1, 0.15) is 12.6 Å². The van der Waals surface area contributed by atoms with Crippen LogP contribution in [0.2, 0.25) is 0 Å². The molecule has 0 saturated carbocycles. The lowest BCUT2D eigenvalue weighted by Crippen LogP contribution is -2.50. The van der Waals surface area contributed by atoms with Crippen LogP contribution in [0.25, 0.3) is 11.1 Å². The Morgan fingerprint density at radius 2 is 1.63 bits per heavy atom. The molecule has 35 heavy (non-hydrogen) atoms. The maximum absolute atomic E-state index is 13.2. The first-order chi connectivity index (χ1) is 16.8. The number of benzene rings is 2. The normalized spacial score (nSPS) is 18.4. The van der Waals surface area contributed by atoms with Gasteiger partial charge in [-0.2, -0.15) is 0 Å². The van der Waals surface area contributed by atoms with Crippen LogP contribution in [-0.4, -0.2) is 53.7 Å². The predicted molar refractivity (Wildman–Crippen MR) is 133 cm³/mol. The molecule has 2 unspecified atom stereocenters. The molecule has 7 nitrogen and oxygen atoms in total. The highest BCUT2D eigenvalue weighted by atomic mass is 16.5. The average molecular weight is 479 g/mol. The van der Waals surface area contributed by atoms with Crippen molar-refractivity contribution in [3.05, 3.63) is 59.7 Å². The molecule has 2 aromatic rings. The van der Waals surface area contributed by atoms with Crippen molar-refractivity contribution in [3.8, 4) is 11.1 Å². The zero-order valence-corrected chi connectivity index (χ0v) is 20.4. The summed E-state index contributed by atoms with van der Waals surface area (Å²) in [6.07, 6.45) is 1.55. The van der Waals surface area contributed by atoms with Crippen molar-refractivity contribution in [1.29, 1.82) is 0 Å². The number of alkyl carbamates (subject to hydrolysis) is 1. The van der Waals surface area contributed by atoms with Gasteiger partial charge in [0.15, 0.2) is 0 Å². The topological polar surface area (TPSA) is 95.9 Å². The number of aliphatic carboxylic acids is 1. The predicted octanol–water partition coefficient (Wildman–Crippen LogP) is 4.65. The van der Waals surface area contributed by atoms with Crippen molar-refractivity contribution in [2.45, 2.75) is 51.5 Å². The minimum Gasteiger partial charge on any atom is -0.481 e. The third-order valence-electron chi connectivity index (χ3n) is 7.34. The lowest BCUT2D eigenvalue weighted by Gasteiger charge is -2.26. The van der Waals surface area contributed by atoms with Gasteiger partial charge in [0, 0.05) is 19.0 Å². The van der Waals surface area contributed by atoms with E-state index in [0.717, 1.165) is 41.5 Å². The Labute approximate surface area is 206 Å². The second-order valence-electron chi connectivity index (χ2n) is 9.88. The van der Waals surface area contributed by atoms with E-state index in [-0.39, 0.29) is 18.4 Å². The molecule has 2 N–H and O–H groups in total. The quantitative estimate of drug-likeness (QED) is 0.604. The van der Waals surface area contributed by atoms with Gasteiger partial charge in [-0.3, -0.25) is 9.59 Å². The second kappa shape index (κ2) is 10.9. The lowest BCUT2D eigenvalue weighted by atomic mass is 9.89. The number of carboxylic acids is 1. The van der Waals surface area contributed by atoms with E-state index in [4.69, 9.17) is 4.74 Å². The molecule has 1 aliphatic carbocycles. The number of ether oxygens (including phenoxy) is 1. The van der Waals surface area contributed by atoms with Crippen molar-refractivity contribution < 1.29 is 24.2 Å². The van der Waals surface area contributed by atoms with Gasteiger partial charge in [-0.15, -0.1) is 0 Å². The Hall–Kier alpha value is -3.35. The van der Waals surface area contributed by atoms with Gasteiger partial charge in [0.25, 0.3) is 0 Å². The fourth-order valence-electron chi connectivity index (χ4n) is 5.39. The van der Waals surface area contributed by atoms with Crippen molar-refractivity contribution >= 4 is 18.0 Å². The standard InChI is InChI=1S/C28H34N2O5/c1-18(2)19-8-7-14-30(15-13-19)27(33)25(16-26(31)32)29-28(34)35-17-24-22-11-5-3-9-20(22)21-10-4-6-12-23(21)24/h3-6,9-12,18-19,24-25H,7-8,13-17H2,1-2H3,(H,29,34)(H,31,32). The number of carbonyl (C=O) groups is 3. The number of fused-ring (bicyclic) bond motifs is 3. The van der Waals surface area contributed by atoms with E-state index in [0.29, 0.717) is 24.9 Å². The Morgan fingerprint density at radius 1 is 1.00 bits per heavy atom. The first kappa shape index (κ1) is 24.8. The summed E-state index contributed by atoms with van der Waals surface area (Å²) in [6, 6.07) is 14.9. The van der Waals surface area contributed by atoms with Crippen molar-refractivity contribution in [2.24, 2.45) is 11.8 Å². The lowest BCUT2D eigenvalue weighted by molar-refractivity contribution is -0.142. The smallest absolute Gasteiger partial charge is 0.407 e. The second-order valence-corrected chi connectivity index (χ2v) is 9.88. The minimum absolute atomic E-state index is 0.105. The van der Waals surface area contributed by atoms with E-state index >= 15 is 0 Å². The van der Waals surface area contributed by atoms with E-state index < -0.39 is 24.5 Å². The molecule has 2 aromatic carbocycles. The summed E-state index contributed by atoms with van der Waals surface area (Å²) in [5.41, 5.74) is 4.42. The molecule has 2 aliphatic rings. The SMILES string of the molecule is CC(C)C1CCCN(C(=O)C(CC(=O)O)NC(=O)OCC2c3ccccc3-c3ccccc32)CC1. The van der Waals surface area contributed by atoms with Gasteiger partial charge in [0.2, 0.25) is 5.91 Å². The zero-order valence-electron chi connectivity index (χ0n) is 20.4. The molecule has 4 rings (SSSR count). The summed E-state index contributed by atoms with van der Waals surface area (Å²) in [6.45, 7) is 5.63. The number of nitrogens with zero attached hydrogens (tertiary/aromatic N) is 1. The van der Waals surface area contributed by atoms with Crippen molar-refractivity contribution in [3.63, 3.8) is 0 Å². The summed E-state index contributed by atoms with van der Waals surface area (Å²) < 4.78 is 5.55. The van der Waals surface area contributed by atoms with Crippen LogP contribution in [-0.2, 0) is 14.3 Å². The molecular weight excluding hydrogens is 444 g/mol. The average Bonchev–Trinajstić information content (AvgIpc) is 2.97. The summed E-state index contributed by atoms with van der Waals surface area (Å²) in [7, 11) is 0. The van der Waals surface area contributed by atoms with E-state index in [1.807, 2.05) is 36.4 Å². The number of carbonyl (C=O) groups excluding carboxylic acids is 2. The number of carboxylic acid groups (broad SMARTS) is 1. The van der Waals surface area contributed by atoms with E-state index in [1.54, 1.807) is 4.90 Å². The number of amides is 2. The number of nitrogens with one attached hydrogen (secondary N) is 1. The van der Waals surface area contributed by atoms with Gasteiger partial charge < -0.3 is 20.1 Å². The van der Waals surface area contributed by atoms with Crippen molar-refractivity contribution in [2.75, 3.05) is 19.7 Å². The van der Waals surface area contributed by atoms with E-state index in [9.17, 15) is 19.5 Å². The minimum atomic E-state index is -1.15. The molecular formula is C28H34N2O5. The monoisotopic (exact) mass is 478 g/mol. The van der Waals surface area contributed by atoms with Crippen LogP contribution in [0.4, 0.5) is 4.79 Å². The number of hydrogen-bond acceptors (Lipinski definition) is 4. The Balaban J connectivity index is 1.40. The van der Waals surface area contributed by atoms with Gasteiger partial charge in [-0.25, -0.2) is 4.79 Å². The van der Waals surface area contributed by atoms with Gasteiger partial charge in [0.05, 0.1) is 6.42 Å². The molecule has 7 heteroatoms. The first-order valence-electron chi connectivity index (χ1n) is 12.5. The number of likely N-dealkylation sites (tertiary alicyclic amines) is 1. The molecule has 0 aromatic heterocycles. The molecule has 1 fully saturated rings. The zero-order chi connectivity index (χ0) is 24.9. The molecule has 2 atom stereocenters. The molecule has 1 saturated heterocycles. The van der Waals surface area contributed by atoms with E-state index in [1.165, 1.54) is 0 Å². The largest absolute Gasteiger partial charge is 0.481 e. The summed E-state index contributed by atoms with van der Waals surface area (Å²) in [5.74, 6) is -0.525. The van der Waals surface area contributed by atoms with Crippen LogP contribution < -0.4 is 5.32 Å². The Kier molecular flexibility index (Phi) is 7.73. The molecule has 186 valence electrons. The molecule has 1 aliphatic heterocycles. The Morgan fingerprint density at radius 3 is 2.23 bits per heavy atom. The van der Waals surface area contributed by atoms with Crippen LogP contribution >= 0.6 is 0 Å². The van der Waals surface area contributed by atoms with Crippen LogP contribution in [0.15, 0.2) is 48.5 Å². The number of hydrogen-bond donors (Lipinski definition) is 2. The van der Waals surface area contributed by atoms with Crippen LogP contribution in [0.1, 0.15) is 56.6 Å². The van der Waals surface area contributed by atoms with Crippen LogP contribution in [0.3, 0.4) is 0 Å². The third kappa shape index (κ3) is 5.66. The first-order valence-corrected chi connectivity index (χ1v) is 12.5. The Bertz CT molecular complexity index is 1040. The molecule has 1 heterocycles. The van der Waals surface area contributed by atoms with E-state index in [2.05, 4.69) is 31.3 Å². The number of rotatable bonds is 7. The highest BCUT2D eigenvalue weighted by molar-refractivity contribution is 5.89. The van der Waals surface area contributed by atoms with Crippen LogP contribution in [0, 0.1) is 11.8 Å². The van der Waals surface area contributed by atoms with Crippen molar-refractivity contribution in [1.82, 2.24) is 10.2 Å². The fourth-order valence-corrected chi connectivity index (χ4v) is 5.39. The highest BCUT2D eigenvalue weighted by Gasteiger charge is 2.32. The molecule has 0 bridgehead atoms. The summed E-state index contributed by atoms with van der Waals surface area (Å²) in [4.78, 5) is 39.1. The summed E-state index contributed by atoms with van der Waals surface area (Å²) >= 11 is 0. The fraction of sp³-hybridized carbons (Fsp3) is 0.464. The van der Waals surface area contributed by atoms with Gasteiger partial charge in [-0.05, 0) is 53.4 Å². The third-order valence-corrected chi connectivity index (χ3v) is 7.34.